The van der Waals surface area contributed by atoms with Gasteiger partial charge in [-0.1, -0.05) is 36.4 Å². The number of nitro groups is 1. The lowest BCUT2D eigenvalue weighted by Crippen LogP contribution is -1.86. The Morgan fingerprint density at radius 2 is 1.61 bits per heavy atom. The highest BCUT2D eigenvalue weighted by Crippen LogP contribution is 2.30. The van der Waals surface area contributed by atoms with E-state index in [1.165, 1.54) is 12.1 Å². The second-order valence-electron chi connectivity index (χ2n) is 5.11. The van der Waals surface area contributed by atoms with Crippen molar-refractivity contribution in [3.63, 3.8) is 0 Å². The molecule has 0 bridgehead atoms. The van der Waals surface area contributed by atoms with E-state index in [9.17, 15) is 10.1 Å². The van der Waals surface area contributed by atoms with Gasteiger partial charge in [0.2, 0.25) is 0 Å². The SMILES string of the molecule is COc1ccc2ccc(/C=C/c3ccc([N+](=O)[O-])cc3)c-2cc1. The van der Waals surface area contributed by atoms with E-state index in [0.717, 1.165) is 28.0 Å². The molecule has 0 aliphatic heterocycles. The molecule has 2 aliphatic rings. The van der Waals surface area contributed by atoms with Gasteiger partial charge in [-0.25, -0.2) is 0 Å². The number of benzene rings is 1. The van der Waals surface area contributed by atoms with Gasteiger partial charge >= 0.3 is 0 Å². The van der Waals surface area contributed by atoms with Gasteiger partial charge < -0.3 is 4.74 Å². The molecule has 114 valence electrons. The van der Waals surface area contributed by atoms with E-state index in [2.05, 4.69) is 12.1 Å². The normalized spacial score (nSPS) is 11.0. The van der Waals surface area contributed by atoms with Gasteiger partial charge in [-0.2, -0.15) is 0 Å². The highest BCUT2D eigenvalue weighted by molar-refractivity contribution is 5.83. The maximum absolute atomic E-state index is 10.7. The highest BCUT2D eigenvalue weighted by Gasteiger charge is 2.06. The highest BCUT2D eigenvalue weighted by atomic mass is 16.6. The van der Waals surface area contributed by atoms with Crippen LogP contribution in [0.3, 0.4) is 0 Å². The largest absolute Gasteiger partial charge is 0.497 e. The van der Waals surface area contributed by atoms with Gasteiger partial charge in [0.25, 0.3) is 5.69 Å². The molecule has 0 saturated heterocycles. The van der Waals surface area contributed by atoms with Crippen LogP contribution in [0.1, 0.15) is 11.1 Å². The smallest absolute Gasteiger partial charge is 0.269 e. The molecule has 2 aliphatic carbocycles. The molecule has 0 radical (unpaired) electrons. The van der Waals surface area contributed by atoms with Crippen LogP contribution in [-0.4, -0.2) is 12.0 Å². The first kappa shape index (κ1) is 14.8. The molecule has 0 atom stereocenters. The molecule has 1 aromatic rings. The average Bonchev–Trinajstić information content (AvgIpc) is 2.83. The van der Waals surface area contributed by atoms with Crippen LogP contribution in [0, 0.1) is 10.1 Å². The number of hydrogen-bond acceptors (Lipinski definition) is 3. The average molecular weight is 305 g/mol. The molecule has 4 heteroatoms. The summed E-state index contributed by atoms with van der Waals surface area (Å²) in [6.45, 7) is 0. The van der Waals surface area contributed by atoms with Crippen LogP contribution in [0.25, 0.3) is 23.3 Å². The Bertz CT molecular complexity index is 838. The van der Waals surface area contributed by atoms with E-state index in [-0.39, 0.29) is 5.69 Å². The number of rotatable bonds is 4. The third-order valence-electron chi connectivity index (χ3n) is 3.70. The van der Waals surface area contributed by atoms with E-state index in [1.54, 1.807) is 19.2 Å². The van der Waals surface area contributed by atoms with Gasteiger partial charge in [0.15, 0.2) is 0 Å². The fraction of sp³-hybridized carbons (Fsp3) is 0.0526. The minimum Gasteiger partial charge on any atom is -0.497 e. The quantitative estimate of drug-likeness (QED) is 0.510. The van der Waals surface area contributed by atoms with Crippen molar-refractivity contribution in [2.75, 3.05) is 7.11 Å². The van der Waals surface area contributed by atoms with Gasteiger partial charge in [0, 0.05) is 12.1 Å². The summed E-state index contributed by atoms with van der Waals surface area (Å²) in [5.74, 6) is 0.812. The third-order valence-corrected chi connectivity index (χ3v) is 3.70. The standard InChI is InChI=1S/C19H15NO3/c1-23-18-11-8-16-7-6-15(19(16)13-12-18)5-2-14-3-9-17(10-4-14)20(21)22/h2-13H,1H3/b5-2+. The zero-order chi connectivity index (χ0) is 16.2. The lowest BCUT2D eigenvalue weighted by molar-refractivity contribution is -0.384. The molecule has 0 saturated carbocycles. The second kappa shape index (κ2) is 6.32. The molecule has 0 spiro atoms. The fourth-order valence-corrected chi connectivity index (χ4v) is 2.43. The maximum atomic E-state index is 10.7. The van der Waals surface area contributed by atoms with Gasteiger partial charge in [-0.3, -0.25) is 10.1 Å². The van der Waals surface area contributed by atoms with Crippen LogP contribution < -0.4 is 4.74 Å². The number of hydrogen-bond donors (Lipinski definition) is 0. The van der Waals surface area contributed by atoms with Crippen molar-refractivity contribution in [1.82, 2.24) is 0 Å². The zero-order valence-corrected chi connectivity index (χ0v) is 12.6. The Morgan fingerprint density at radius 1 is 0.913 bits per heavy atom. The van der Waals surface area contributed by atoms with Crippen LogP contribution in [0.2, 0.25) is 0 Å². The number of nitro benzene ring substituents is 1. The number of ether oxygens (including phenoxy) is 1. The predicted molar refractivity (Wildman–Crippen MR) is 91.6 cm³/mol. The van der Waals surface area contributed by atoms with Crippen LogP contribution in [0.5, 0.6) is 5.75 Å². The number of non-ortho nitro benzene ring substituents is 1. The Morgan fingerprint density at radius 3 is 2.30 bits per heavy atom. The molecule has 1 aromatic carbocycles. The lowest BCUT2D eigenvalue weighted by Gasteiger charge is -1.96. The maximum Gasteiger partial charge on any atom is 0.269 e. The van der Waals surface area contributed by atoms with Gasteiger partial charge in [-0.05, 0) is 46.5 Å². The Balaban J connectivity index is 1.88. The molecule has 3 rings (SSSR count). The summed E-state index contributed by atoms with van der Waals surface area (Å²) in [5.41, 5.74) is 4.38. The minimum atomic E-state index is -0.397. The Kier molecular flexibility index (Phi) is 4.06. The lowest BCUT2D eigenvalue weighted by atomic mass is 10.1. The van der Waals surface area contributed by atoms with Crippen molar-refractivity contribution in [3.8, 4) is 16.9 Å². The first-order valence-corrected chi connectivity index (χ1v) is 7.17. The third kappa shape index (κ3) is 3.21. The second-order valence-corrected chi connectivity index (χ2v) is 5.11. The summed E-state index contributed by atoms with van der Waals surface area (Å²) in [6.07, 6.45) is 3.96. The first-order valence-electron chi connectivity index (χ1n) is 7.17. The summed E-state index contributed by atoms with van der Waals surface area (Å²) in [6, 6.07) is 18.5. The molecule has 0 amide bonds. The van der Waals surface area contributed by atoms with Crippen molar-refractivity contribution in [3.05, 3.63) is 81.9 Å². The van der Waals surface area contributed by atoms with E-state index in [0.29, 0.717) is 0 Å². The number of fused-ring (bicyclic) bond motifs is 1. The van der Waals surface area contributed by atoms with Crippen LogP contribution in [0.4, 0.5) is 5.69 Å². The first-order chi connectivity index (χ1) is 11.2. The predicted octanol–water partition coefficient (Wildman–Crippen LogP) is 4.88. The molecular weight excluding hydrogens is 290 g/mol. The molecule has 0 aromatic heterocycles. The topological polar surface area (TPSA) is 52.4 Å². The van der Waals surface area contributed by atoms with Gasteiger partial charge in [0.1, 0.15) is 5.75 Å². The zero-order valence-electron chi connectivity index (χ0n) is 12.6. The summed E-state index contributed by atoms with van der Waals surface area (Å²) in [4.78, 5) is 10.3. The monoisotopic (exact) mass is 305 g/mol. The molecule has 0 heterocycles. The Hall–Kier alpha value is -3.14. The molecule has 0 unspecified atom stereocenters. The fourth-order valence-electron chi connectivity index (χ4n) is 2.43. The molecule has 4 nitrogen and oxygen atoms in total. The summed E-state index contributed by atoms with van der Waals surface area (Å²) >= 11 is 0. The molecule has 0 N–H and O–H groups in total. The minimum absolute atomic E-state index is 0.0973. The number of nitrogens with zero attached hydrogens (tertiary/aromatic N) is 1. The van der Waals surface area contributed by atoms with E-state index < -0.39 is 4.92 Å². The summed E-state index contributed by atoms with van der Waals surface area (Å²) in [7, 11) is 1.65. The molecule has 23 heavy (non-hydrogen) atoms. The number of methoxy groups -OCH3 is 1. The summed E-state index contributed by atoms with van der Waals surface area (Å²) < 4.78 is 5.24. The van der Waals surface area contributed by atoms with Crippen molar-refractivity contribution in [2.24, 2.45) is 0 Å². The van der Waals surface area contributed by atoms with Crippen molar-refractivity contribution in [2.45, 2.75) is 0 Å². The van der Waals surface area contributed by atoms with Crippen LogP contribution >= 0.6 is 0 Å². The molecular formula is C19H15NO3. The van der Waals surface area contributed by atoms with Gasteiger partial charge in [0.05, 0.1) is 12.0 Å². The Labute approximate surface area is 134 Å². The van der Waals surface area contributed by atoms with Crippen molar-refractivity contribution in [1.29, 1.82) is 0 Å². The van der Waals surface area contributed by atoms with Crippen LogP contribution in [-0.2, 0) is 0 Å². The van der Waals surface area contributed by atoms with Crippen molar-refractivity contribution >= 4 is 17.8 Å². The van der Waals surface area contributed by atoms with E-state index in [4.69, 9.17) is 4.74 Å². The van der Waals surface area contributed by atoms with E-state index in [1.807, 2.05) is 36.4 Å². The molecule has 0 fully saturated rings. The van der Waals surface area contributed by atoms with Crippen molar-refractivity contribution < 1.29 is 9.66 Å². The summed E-state index contributed by atoms with van der Waals surface area (Å²) in [5, 5.41) is 10.7. The van der Waals surface area contributed by atoms with Crippen LogP contribution in [0.15, 0.2) is 60.7 Å². The van der Waals surface area contributed by atoms with E-state index >= 15 is 0 Å². The van der Waals surface area contributed by atoms with Gasteiger partial charge in [-0.15, -0.1) is 0 Å².